The summed E-state index contributed by atoms with van der Waals surface area (Å²) in [6, 6.07) is 4.20. The highest BCUT2D eigenvalue weighted by Crippen LogP contribution is 2.15. The molecule has 0 saturated carbocycles. The van der Waals surface area contributed by atoms with Gasteiger partial charge in [0, 0.05) is 24.8 Å². The Morgan fingerprint density at radius 1 is 1.37 bits per heavy atom. The second-order valence-corrected chi connectivity index (χ2v) is 4.61. The zero-order chi connectivity index (χ0) is 12.4. The lowest BCUT2D eigenvalue weighted by Crippen LogP contribution is -2.33. The van der Waals surface area contributed by atoms with Crippen LogP contribution in [0.2, 0.25) is 0 Å². The molecule has 1 aromatic rings. The van der Waals surface area contributed by atoms with Crippen molar-refractivity contribution in [3.05, 3.63) is 29.1 Å². The van der Waals surface area contributed by atoms with Crippen LogP contribution in [0.3, 0.4) is 0 Å². The number of carbonyl (C=O) groups is 1. The van der Waals surface area contributed by atoms with Crippen LogP contribution in [0.1, 0.15) is 28.2 Å². The Hall–Kier alpha value is -0.840. The molecule has 4 nitrogen and oxygen atoms in total. The minimum absolute atomic E-state index is 0. The van der Waals surface area contributed by atoms with E-state index in [1.54, 1.807) is 0 Å². The number of likely N-dealkylation sites (N-methyl/N-ethyl adjacent to an activating group) is 1. The number of hydrogen-bond donors (Lipinski definition) is 1. The predicted molar refractivity (Wildman–Crippen MR) is 81.6 cm³/mol. The lowest BCUT2D eigenvalue weighted by molar-refractivity contribution is 0.0788. The molecule has 2 rings (SSSR count). The molecule has 1 aliphatic rings. The minimum atomic E-state index is 0. The van der Waals surface area contributed by atoms with Gasteiger partial charge in [0.1, 0.15) is 0 Å². The largest absolute Gasteiger partial charge is 0.337 e. The van der Waals surface area contributed by atoms with E-state index < -0.39 is 0 Å². The molecule has 1 saturated heterocycles. The van der Waals surface area contributed by atoms with E-state index in [1.807, 2.05) is 37.9 Å². The zero-order valence-corrected chi connectivity index (χ0v) is 13.1. The van der Waals surface area contributed by atoms with E-state index >= 15 is 0 Å². The number of nitrogens with zero attached hydrogens (tertiary/aromatic N) is 2. The summed E-state index contributed by atoms with van der Waals surface area (Å²) < 4.78 is 0. The van der Waals surface area contributed by atoms with Crippen LogP contribution in [0.4, 0.5) is 0 Å². The molecule has 19 heavy (non-hydrogen) atoms. The van der Waals surface area contributed by atoms with Crippen molar-refractivity contribution in [1.82, 2.24) is 15.2 Å². The van der Waals surface area contributed by atoms with Crippen molar-refractivity contribution in [2.45, 2.75) is 26.3 Å². The van der Waals surface area contributed by atoms with Gasteiger partial charge in [-0.25, -0.2) is 0 Å². The number of nitrogens with one attached hydrogen (secondary N) is 1. The molecule has 0 aliphatic carbocycles. The van der Waals surface area contributed by atoms with Gasteiger partial charge in [0.25, 0.3) is 5.91 Å². The number of aromatic nitrogens is 1. The summed E-state index contributed by atoms with van der Waals surface area (Å²) in [7, 11) is 1.94. The van der Waals surface area contributed by atoms with Crippen LogP contribution in [-0.2, 0) is 0 Å². The van der Waals surface area contributed by atoms with Crippen LogP contribution in [0.15, 0.2) is 12.1 Å². The lowest BCUT2D eigenvalue weighted by Gasteiger charge is -2.17. The van der Waals surface area contributed by atoms with Crippen molar-refractivity contribution >= 4 is 30.7 Å². The molecule has 1 amide bonds. The third kappa shape index (κ3) is 4.06. The summed E-state index contributed by atoms with van der Waals surface area (Å²) >= 11 is 0. The van der Waals surface area contributed by atoms with Gasteiger partial charge in [-0.3, -0.25) is 9.78 Å². The van der Waals surface area contributed by atoms with Crippen molar-refractivity contribution in [3.8, 4) is 0 Å². The average Bonchev–Trinajstić information content (AvgIpc) is 2.76. The normalized spacial score (nSPS) is 17.6. The molecule has 1 unspecified atom stereocenters. The number of carbonyl (C=O) groups excluding carboxylic acids is 1. The molecule has 0 radical (unpaired) electrons. The van der Waals surface area contributed by atoms with Crippen LogP contribution in [0, 0.1) is 13.8 Å². The number of likely N-dealkylation sites (tertiary alicyclic amines) is 1. The van der Waals surface area contributed by atoms with E-state index in [4.69, 9.17) is 0 Å². The first-order valence-corrected chi connectivity index (χ1v) is 6.02. The average molecular weight is 306 g/mol. The first-order chi connectivity index (χ1) is 8.11. The van der Waals surface area contributed by atoms with Gasteiger partial charge >= 0.3 is 0 Å². The van der Waals surface area contributed by atoms with Crippen LogP contribution in [0.25, 0.3) is 0 Å². The zero-order valence-electron chi connectivity index (χ0n) is 11.5. The lowest BCUT2D eigenvalue weighted by atomic mass is 10.1. The van der Waals surface area contributed by atoms with Gasteiger partial charge in [-0.15, -0.1) is 24.8 Å². The SMILES string of the molecule is CNC1CCN(C(=O)c2ccc(C)nc2C)C1.Cl.Cl. The van der Waals surface area contributed by atoms with Gasteiger partial charge in [-0.1, -0.05) is 0 Å². The van der Waals surface area contributed by atoms with Gasteiger partial charge in [-0.2, -0.15) is 0 Å². The Bertz CT molecular complexity index is 440. The fourth-order valence-electron chi connectivity index (χ4n) is 2.26. The van der Waals surface area contributed by atoms with E-state index in [0.717, 1.165) is 36.5 Å². The number of rotatable bonds is 2. The Labute approximate surface area is 126 Å². The maximum Gasteiger partial charge on any atom is 0.255 e. The Kier molecular flexibility index (Phi) is 7.34. The van der Waals surface area contributed by atoms with E-state index in [1.165, 1.54) is 0 Å². The third-order valence-corrected chi connectivity index (χ3v) is 3.34. The highest BCUT2D eigenvalue weighted by molar-refractivity contribution is 5.95. The summed E-state index contributed by atoms with van der Waals surface area (Å²) in [4.78, 5) is 18.5. The Morgan fingerprint density at radius 2 is 2.05 bits per heavy atom. The quantitative estimate of drug-likeness (QED) is 0.909. The molecular formula is C13H21Cl2N3O. The van der Waals surface area contributed by atoms with Crippen LogP contribution < -0.4 is 5.32 Å². The summed E-state index contributed by atoms with van der Waals surface area (Å²) in [5, 5.41) is 3.21. The first kappa shape index (κ1) is 18.2. The first-order valence-electron chi connectivity index (χ1n) is 6.02. The van der Waals surface area contributed by atoms with Crippen molar-refractivity contribution < 1.29 is 4.79 Å². The van der Waals surface area contributed by atoms with Gasteiger partial charge in [0.2, 0.25) is 0 Å². The van der Waals surface area contributed by atoms with Crippen molar-refractivity contribution in [2.24, 2.45) is 0 Å². The van der Waals surface area contributed by atoms with E-state index in [-0.39, 0.29) is 30.7 Å². The van der Waals surface area contributed by atoms with Gasteiger partial charge < -0.3 is 10.2 Å². The van der Waals surface area contributed by atoms with Gasteiger partial charge in [0.05, 0.1) is 11.3 Å². The van der Waals surface area contributed by atoms with Crippen LogP contribution in [-0.4, -0.2) is 42.0 Å². The van der Waals surface area contributed by atoms with E-state index in [2.05, 4.69) is 10.3 Å². The second-order valence-electron chi connectivity index (χ2n) is 4.61. The molecule has 1 aromatic heterocycles. The molecule has 1 N–H and O–H groups in total. The predicted octanol–water partition coefficient (Wildman–Crippen LogP) is 1.98. The molecule has 108 valence electrons. The number of amides is 1. The van der Waals surface area contributed by atoms with E-state index in [0.29, 0.717) is 6.04 Å². The van der Waals surface area contributed by atoms with E-state index in [9.17, 15) is 4.79 Å². The fourth-order valence-corrected chi connectivity index (χ4v) is 2.26. The van der Waals surface area contributed by atoms with Crippen LogP contribution >= 0.6 is 24.8 Å². The molecule has 1 atom stereocenters. The fraction of sp³-hybridized carbons (Fsp3) is 0.538. The molecule has 0 aromatic carbocycles. The molecule has 1 aliphatic heterocycles. The monoisotopic (exact) mass is 305 g/mol. The second kappa shape index (κ2) is 7.68. The summed E-state index contributed by atoms with van der Waals surface area (Å²) in [6.45, 7) is 5.46. The number of aryl methyl sites for hydroxylation is 2. The van der Waals surface area contributed by atoms with Gasteiger partial charge in [0.15, 0.2) is 0 Å². The van der Waals surface area contributed by atoms with Crippen molar-refractivity contribution in [2.75, 3.05) is 20.1 Å². The van der Waals surface area contributed by atoms with Crippen molar-refractivity contribution in [3.63, 3.8) is 0 Å². The number of pyridine rings is 1. The van der Waals surface area contributed by atoms with Crippen molar-refractivity contribution in [1.29, 1.82) is 0 Å². The molecular weight excluding hydrogens is 285 g/mol. The number of hydrogen-bond acceptors (Lipinski definition) is 3. The topological polar surface area (TPSA) is 45.2 Å². The molecule has 2 heterocycles. The highest BCUT2D eigenvalue weighted by Gasteiger charge is 2.26. The highest BCUT2D eigenvalue weighted by atomic mass is 35.5. The minimum Gasteiger partial charge on any atom is -0.337 e. The molecule has 1 fully saturated rings. The Balaban J connectivity index is 0.00000162. The third-order valence-electron chi connectivity index (χ3n) is 3.34. The molecule has 0 spiro atoms. The number of halogens is 2. The standard InChI is InChI=1S/C13H19N3O.2ClH/c1-9-4-5-12(10(2)15-9)13(17)16-7-6-11(8-16)14-3;;/h4-5,11,14H,6-8H2,1-3H3;2*1H. The van der Waals surface area contributed by atoms with Crippen LogP contribution in [0.5, 0.6) is 0 Å². The smallest absolute Gasteiger partial charge is 0.255 e. The summed E-state index contributed by atoms with van der Waals surface area (Å²) in [5.41, 5.74) is 2.50. The summed E-state index contributed by atoms with van der Waals surface area (Å²) in [6.07, 6.45) is 1.03. The molecule has 0 bridgehead atoms. The maximum atomic E-state index is 12.3. The molecule has 6 heteroatoms. The summed E-state index contributed by atoms with van der Waals surface area (Å²) in [5.74, 6) is 0.104. The maximum absolute atomic E-state index is 12.3. The Morgan fingerprint density at radius 3 is 2.58 bits per heavy atom. The van der Waals surface area contributed by atoms with Gasteiger partial charge in [-0.05, 0) is 39.4 Å².